The van der Waals surface area contributed by atoms with Crippen molar-refractivity contribution in [1.82, 2.24) is 4.68 Å². The van der Waals surface area contributed by atoms with Crippen molar-refractivity contribution in [1.29, 1.82) is 0 Å². The monoisotopic (exact) mass is 350 g/mol. The summed E-state index contributed by atoms with van der Waals surface area (Å²) in [6, 6.07) is 5.45. The average molecular weight is 350 g/mol. The van der Waals surface area contributed by atoms with Crippen LogP contribution in [0.1, 0.15) is 52.0 Å². The summed E-state index contributed by atoms with van der Waals surface area (Å²) in [6.45, 7) is 10.4. The van der Waals surface area contributed by atoms with Gasteiger partial charge in [0.15, 0.2) is 0 Å². The molecule has 136 valence electrons. The van der Waals surface area contributed by atoms with Crippen molar-refractivity contribution < 1.29 is 23.5 Å². The lowest BCUT2D eigenvalue weighted by Crippen LogP contribution is -2.34. The van der Waals surface area contributed by atoms with E-state index in [9.17, 15) is 14.0 Å². The van der Waals surface area contributed by atoms with Crippen LogP contribution >= 0.6 is 0 Å². The molecule has 0 saturated carbocycles. The second-order valence-corrected chi connectivity index (χ2v) is 7.68. The Bertz CT molecular complexity index is 813. The highest BCUT2D eigenvalue weighted by atomic mass is 19.1. The summed E-state index contributed by atoms with van der Waals surface area (Å²) in [5, 5.41) is 0.455. The predicted octanol–water partition coefficient (Wildman–Crippen LogP) is 4.21. The molecule has 6 nitrogen and oxygen atoms in total. The Morgan fingerprint density at radius 2 is 1.60 bits per heavy atom. The fourth-order valence-corrected chi connectivity index (χ4v) is 2.18. The number of carbonyl (C=O) groups excluding carboxylic acids is 2. The Morgan fingerprint density at radius 3 is 2.16 bits per heavy atom. The highest BCUT2D eigenvalue weighted by Crippen LogP contribution is 2.22. The highest BCUT2D eigenvalue weighted by Gasteiger charge is 2.25. The summed E-state index contributed by atoms with van der Waals surface area (Å²) in [5.41, 5.74) is 1.62. The third-order valence-electron chi connectivity index (χ3n) is 2.97. The van der Waals surface area contributed by atoms with Gasteiger partial charge in [0.2, 0.25) is 0 Å². The van der Waals surface area contributed by atoms with Crippen LogP contribution in [0.3, 0.4) is 0 Å². The zero-order valence-electron chi connectivity index (χ0n) is 15.3. The highest BCUT2D eigenvalue weighted by molar-refractivity contribution is 5.97. The summed E-state index contributed by atoms with van der Waals surface area (Å²) in [4.78, 5) is 24.6. The number of hydrogen-bond acceptors (Lipinski definition) is 4. The number of aromatic nitrogens is 1. The second kappa shape index (κ2) is 6.38. The standard InChI is InChI=1S/C18H23FN2O4/c1-17(2,3)24-15(22)14-10-11-9-12(19)7-8-13(11)21(14)20-16(23)25-18(4,5)6/h7-10H,1-6H3,(H,20,23). The number of amides is 1. The molecule has 7 heteroatoms. The largest absolute Gasteiger partial charge is 0.455 e. The number of benzene rings is 1. The van der Waals surface area contributed by atoms with Gasteiger partial charge in [0.25, 0.3) is 0 Å². The second-order valence-electron chi connectivity index (χ2n) is 7.68. The van der Waals surface area contributed by atoms with Crippen LogP contribution in [0.4, 0.5) is 9.18 Å². The van der Waals surface area contributed by atoms with Crippen molar-refractivity contribution in [3.8, 4) is 0 Å². The fraction of sp³-hybridized carbons (Fsp3) is 0.444. The first-order chi connectivity index (χ1) is 11.4. The van der Waals surface area contributed by atoms with Crippen LogP contribution in [0.15, 0.2) is 24.3 Å². The zero-order chi connectivity index (χ0) is 19.0. The van der Waals surface area contributed by atoms with Crippen molar-refractivity contribution >= 4 is 23.0 Å². The van der Waals surface area contributed by atoms with E-state index in [1.807, 2.05) is 0 Å². The number of nitrogens with zero attached hydrogens (tertiary/aromatic N) is 1. The van der Waals surface area contributed by atoms with Crippen molar-refractivity contribution in [2.45, 2.75) is 52.7 Å². The third kappa shape index (κ3) is 4.95. The van der Waals surface area contributed by atoms with Gasteiger partial charge in [-0.1, -0.05) is 0 Å². The number of halogens is 1. The minimum atomic E-state index is -0.737. The summed E-state index contributed by atoms with van der Waals surface area (Å²) in [6.07, 6.45) is -0.737. The molecule has 1 N–H and O–H groups in total. The van der Waals surface area contributed by atoms with Gasteiger partial charge in [-0.05, 0) is 65.8 Å². The van der Waals surface area contributed by atoms with Crippen LogP contribution in [0.2, 0.25) is 0 Å². The molecule has 0 aliphatic rings. The number of esters is 1. The number of rotatable bonds is 2. The average Bonchev–Trinajstić information content (AvgIpc) is 2.72. The quantitative estimate of drug-likeness (QED) is 0.824. The van der Waals surface area contributed by atoms with Gasteiger partial charge in [0.05, 0.1) is 5.52 Å². The predicted molar refractivity (Wildman–Crippen MR) is 92.7 cm³/mol. The van der Waals surface area contributed by atoms with Crippen LogP contribution in [0.25, 0.3) is 10.9 Å². The first-order valence-corrected chi connectivity index (χ1v) is 7.90. The van der Waals surface area contributed by atoms with Gasteiger partial charge in [0, 0.05) is 5.39 Å². The molecule has 0 saturated heterocycles. The molecule has 1 amide bonds. The van der Waals surface area contributed by atoms with Gasteiger partial charge in [-0.3, -0.25) is 0 Å². The molecule has 0 atom stereocenters. The Kier molecular flexibility index (Phi) is 4.79. The maximum atomic E-state index is 13.5. The van der Waals surface area contributed by atoms with Crippen LogP contribution in [-0.4, -0.2) is 27.9 Å². The van der Waals surface area contributed by atoms with Gasteiger partial charge >= 0.3 is 12.1 Å². The van der Waals surface area contributed by atoms with E-state index in [0.717, 1.165) is 0 Å². The first-order valence-electron chi connectivity index (χ1n) is 7.90. The summed E-state index contributed by atoms with van der Waals surface area (Å²) in [7, 11) is 0. The molecular formula is C18H23FN2O4. The van der Waals surface area contributed by atoms with Gasteiger partial charge in [-0.15, -0.1) is 0 Å². The number of ether oxygens (including phenoxy) is 2. The molecule has 0 fully saturated rings. The fourth-order valence-electron chi connectivity index (χ4n) is 2.18. The van der Waals surface area contributed by atoms with Gasteiger partial charge in [0.1, 0.15) is 22.7 Å². The molecule has 1 heterocycles. The molecule has 0 unspecified atom stereocenters. The van der Waals surface area contributed by atoms with Crippen molar-refractivity contribution in [3.05, 3.63) is 35.8 Å². The molecule has 2 aromatic rings. The number of nitrogens with one attached hydrogen (secondary N) is 1. The molecule has 1 aromatic carbocycles. The van der Waals surface area contributed by atoms with Crippen LogP contribution < -0.4 is 5.43 Å². The molecule has 0 bridgehead atoms. The molecular weight excluding hydrogens is 327 g/mol. The number of hydrogen-bond donors (Lipinski definition) is 1. The molecule has 25 heavy (non-hydrogen) atoms. The van der Waals surface area contributed by atoms with E-state index in [2.05, 4.69) is 5.43 Å². The summed E-state index contributed by atoms with van der Waals surface area (Å²) < 4.78 is 25.3. The lowest BCUT2D eigenvalue weighted by molar-refractivity contribution is 0.00598. The van der Waals surface area contributed by atoms with Crippen LogP contribution in [0.5, 0.6) is 0 Å². The van der Waals surface area contributed by atoms with Crippen molar-refractivity contribution in [2.75, 3.05) is 5.43 Å². The first kappa shape index (κ1) is 18.8. The van der Waals surface area contributed by atoms with Crippen LogP contribution in [0, 0.1) is 5.82 Å². The lowest BCUT2D eigenvalue weighted by Gasteiger charge is -2.22. The minimum Gasteiger partial charge on any atom is -0.455 e. The molecule has 0 radical (unpaired) electrons. The third-order valence-corrected chi connectivity index (χ3v) is 2.97. The van der Waals surface area contributed by atoms with E-state index < -0.39 is 29.1 Å². The Labute approximate surface area is 145 Å². The summed E-state index contributed by atoms with van der Waals surface area (Å²) in [5.74, 6) is -1.09. The minimum absolute atomic E-state index is 0.0707. The Morgan fingerprint density at radius 1 is 1.00 bits per heavy atom. The SMILES string of the molecule is CC(C)(C)OC(=O)Nn1c(C(=O)OC(C)(C)C)cc2cc(F)ccc21. The van der Waals surface area contributed by atoms with Crippen LogP contribution in [-0.2, 0) is 9.47 Å². The molecule has 0 spiro atoms. The van der Waals surface area contributed by atoms with E-state index in [1.165, 1.54) is 28.9 Å². The van der Waals surface area contributed by atoms with E-state index >= 15 is 0 Å². The normalized spacial score (nSPS) is 12.1. The smallest absolute Gasteiger partial charge is 0.426 e. The maximum Gasteiger partial charge on any atom is 0.426 e. The van der Waals surface area contributed by atoms with Gasteiger partial charge < -0.3 is 9.47 Å². The number of fused-ring (bicyclic) bond motifs is 1. The van der Waals surface area contributed by atoms with Crippen molar-refractivity contribution in [3.63, 3.8) is 0 Å². The maximum absolute atomic E-state index is 13.5. The van der Waals surface area contributed by atoms with E-state index in [1.54, 1.807) is 41.5 Å². The number of carbonyl (C=O) groups is 2. The topological polar surface area (TPSA) is 69.6 Å². The van der Waals surface area contributed by atoms with E-state index in [4.69, 9.17) is 9.47 Å². The van der Waals surface area contributed by atoms with E-state index in [0.29, 0.717) is 10.9 Å². The molecule has 2 rings (SSSR count). The van der Waals surface area contributed by atoms with Gasteiger partial charge in [-0.25, -0.2) is 24.1 Å². The lowest BCUT2D eigenvalue weighted by atomic mass is 10.2. The van der Waals surface area contributed by atoms with Crippen molar-refractivity contribution in [2.24, 2.45) is 0 Å². The van der Waals surface area contributed by atoms with E-state index in [-0.39, 0.29) is 5.69 Å². The Hall–Kier alpha value is -2.57. The summed E-state index contributed by atoms with van der Waals surface area (Å²) >= 11 is 0. The molecule has 0 aliphatic carbocycles. The molecule has 1 aromatic heterocycles. The Balaban J connectivity index is 2.46. The van der Waals surface area contributed by atoms with Gasteiger partial charge in [-0.2, -0.15) is 0 Å². The zero-order valence-corrected chi connectivity index (χ0v) is 15.3. The molecule has 0 aliphatic heterocycles.